The van der Waals surface area contributed by atoms with Crippen molar-refractivity contribution in [3.63, 3.8) is 0 Å². The lowest BCUT2D eigenvalue weighted by Crippen LogP contribution is -2.54. The number of carbonyl (C=O) groups is 3. The zero-order valence-corrected chi connectivity index (χ0v) is 18.3. The van der Waals surface area contributed by atoms with Crippen molar-refractivity contribution >= 4 is 29.3 Å². The van der Waals surface area contributed by atoms with Crippen LogP contribution in [0.4, 0.5) is 13.2 Å². The molecule has 2 atom stereocenters. The summed E-state index contributed by atoms with van der Waals surface area (Å²) in [6.45, 7) is -0.399. The molecule has 0 spiro atoms. The van der Waals surface area contributed by atoms with Gasteiger partial charge in [-0.05, 0) is 55.3 Å². The van der Waals surface area contributed by atoms with Gasteiger partial charge in [0.25, 0.3) is 11.8 Å². The van der Waals surface area contributed by atoms with Gasteiger partial charge in [-0.1, -0.05) is 30.5 Å². The summed E-state index contributed by atoms with van der Waals surface area (Å²) in [7, 11) is 0. The summed E-state index contributed by atoms with van der Waals surface area (Å²) in [4.78, 5) is 37.1. The van der Waals surface area contributed by atoms with Gasteiger partial charge in [-0.2, -0.15) is 13.2 Å². The maximum Gasteiger partial charge on any atom is 0.416 e. The second-order valence-corrected chi connectivity index (χ2v) is 8.24. The number of benzene rings is 2. The molecule has 10 heteroatoms. The highest BCUT2D eigenvalue weighted by Gasteiger charge is 2.31. The molecule has 1 saturated carbocycles. The van der Waals surface area contributed by atoms with E-state index in [-0.39, 0.29) is 23.6 Å². The molecule has 2 aromatic carbocycles. The Morgan fingerprint density at radius 2 is 1.52 bits per heavy atom. The zero-order chi connectivity index (χ0) is 24.0. The fourth-order valence-electron chi connectivity index (χ4n) is 3.69. The minimum atomic E-state index is -4.57. The molecule has 2 aromatic rings. The third kappa shape index (κ3) is 6.95. The first-order valence-electron chi connectivity index (χ1n) is 10.4. The van der Waals surface area contributed by atoms with Gasteiger partial charge >= 0.3 is 6.18 Å². The number of amides is 3. The van der Waals surface area contributed by atoms with E-state index in [4.69, 9.17) is 11.6 Å². The predicted octanol–water partition coefficient (Wildman–Crippen LogP) is 3.95. The van der Waals surface area contributed by atoms with Crippen molar-refractivity contribution in [2.24, 2.45) is 0 Å². The van der Waals surface area contributed by atoms with E-state index in [9.17, 15) is 27.6 Å². The Bertz CT molecular complexity index is 1010. The average molecular weight is 482 g/mol. The first-order valence-corrected chi connectivity index (χ1v) is 10.8. The first-order chi connectivity index (χ1) is 15.6. The lowest BCUT2D eigenvalue weighted by atomic mass is 9.90. The Kier molecular flexibility index (Phi) is 7.97. The van der Waals surface area contributed by atoms with E-state index >= 15 is 0 Å². The monoisotopic (exact) mass is 481 g/mol. The summed E-state index contributed by atoms with van der Waals surface area (Å²) in [6.07, 6.45) is -1.47. The minimum Gasteiger partial charge on any atom is -0.350 e. The summed E-state index contributed by atoms with van der Waals surface area (Å²) in [5.41, 5.74) is -0.687. The maximum absolute atomic E-state index is 12.8. The van der Waals surface area contributed by atoms with Crippen molar-refractivity contribution in [1.82, 2.24) is 16.0 Å². The summed E-state index contributed by atoms with van der Waals surface area (Å²) in [5, 5.41) is 8.59. The Labute approximate surface area is 193 Å². The van der Waals surface area contributed by atoms with Crippen molar-refractivity contribution in [3.05, 3.63) is 70.2 Å². The first kappa shape index (κ1) is 24.6. The third-order valence-corrected chi connectivity index (χ3v) is 5.65. The molecule has 0 saturated heterocycles. The van der Waals surface area contributed by atoms with Crippen LogP contribution >= 0.6 is 11.6 Å². The third-order valence-electron chi connectivity index (χ3n) is 5.40. The lowest BCUT2D eigenvalue weighted by Gasteiger charge is -2.33. The van der Waals surface area contributed by atoms with Crippen molar-refractivity contribution in [2.45, 2.75) is 43.9 Å². The van der Waals surface area contributed by atoms with Crippen LogP contribution in [0, 0.1) is 0 Å². The molecule has 3 rings (SSSR count). The second-order valence-electron chi connectivity index (χ2n) is 7.81. The van der Waals surface area contributed by atoms with Gasteiger partial charge < -0.3 is 16.0 Å². The van der Waals surface area contributed by atoms with Crippen LogP contribution in [0.25, 0.3) is 0 Å². The molecule has 3 N–H and O–H groups in total. The van der Waals surface area contributed by atoms with Crippen LogP contribution in [0.5, 0.6) is 0 Å². The molecule has 3 amide bonds. The zero-order valence-electron chi connectivity index (χ0n) is 17.5. The molecule has 0 bridgehead atoms. The van der Waals surface area contributed by atoms with Crippen LogP contribution < -0.4 is 16.0 Å². The molecule has 0 aliphatic heterocycles. The number of hydrogen-bond donors (Lipinski definition) is 3. The molecule has 1 fully saturated rings. The van der Waals surface area contributed by atoms with E-state index in [0.717, 1.165) is 31.0 Å². The number of rotatable bonds is 6. The van der Waals surface area contributed by atoms with Gasteiger partial charge in [0.15, 0.2) is 0 Å². The number of halogens is 4. The van der Waals surface area contributed by atoms with Gasteiger partial charge in [0.1, 0.15) is 0 Å². The lowest BCUT2D eigenvalue weighted by molar-refractivity contribution is -0.137. The van der Waals surface area contributed by atoms with Crippen LogP contribution in [0.15, 0.2) is 48.5 Å². The van der Waals surface area contributed by atoms with E-state index in [1.165, 1.54) is 6.07 Å². The molecule has 1 aliphatic rings. The fraction of sp³-hybridized carbons (Fsp3) is 0.348. The Morgan fingerprint density at radius 3 is 2.15 bits per heavy atom. The van der Waals surface area contributed by atoms with Crippen LogP contribution in [-0.4, -0.2) is 36.3 Å². The SMILES string of the molecule is O=C(CNC(=O)c1cccc(C(F)(F)F)c1)N[C@@H]1CCCC[C@@H]1NC(=O)c1ccc(Cl)cc1. The van der Waals surface area contributed by atoms with Crippen LogP contribution in [0.3, 0.4) is 0 Å². The van der Waals surface area contributed by atoms with Gasteiger partial charge in [-0.3, -0.25) is 14.4 Å². The van der Waals surface area contributed by atoms with Crippen molar-refractivity contribution in [3.8, 4) is 0 Å². The van der Waals surface area contributed by atoms with E-state index in [1.807, 2.05) is 0 Å². The quantitative estimate of drug-likeness (QED) is 0.584. The summed E-state index contributed by atoms with van der Waals surface area (Å²) >= 11 is 5.85. The number of alkyl halides is 3. The second kappa shape index (κ2) is 10.7. The van der Waals surface area contributed by atoms with Crippen LogP contribution in [0.1, 0.15) is 52.0 Å². The average Bonchev–Trinajstić information content (AvgIpc) is 2.78. The minimum absolute atomic E-state index is 0.191. The highest BCUT2D eigenvalue weighted by molar-refractivity contribution is 6.30. The molecular weight excluding hydrogens is 459 g/mol. The van der Waals surface area contributed by atoms with Crippen LogP contribution in [0.2, 0.25) is 5.02 Å². The fourth-order valence-corrected chi connectivity index (χ4v) is 3.81. The molecule has 33 heavy (non-hydrogen) atoms. The number of nitrogens with one attached hydrogen (secondary N) is 3. The molecular formula is C23H23ClF3N3O3. The van der Waals surface area contributed by atoms with E-state index < -0.39 is 30.1 Å². The van der Waals surface area contributed by atoms with Gasteiger partial charge in [0, 0.05) is 28.2 Å². The van der Waals surface area contributed by atoms with Gasteiger partial charge in [0.2, 0.25) is 5.91 Å². The molecule has 176 valence electrons. The largest absolute Gasteiger partial charge is 0.416 e. The number of carbonyl (C=O) groups excluding carboxylic acids is 3. The summed E-state index contributed by atoms with van der Waals surface area (Å²) < 4.78 is 38.5. The molecule has 0 unspecified atom stereocenters. The Hall–Kier alpha value is -3.07. The van der Waals surface area contributed by atoms with Crippen LogP contribution in [-0.2, 0) is 11.0 Å². The van der Waals surface area contributed by atoms with Gasteiger partial charge in [-0.25, -0.2) is 0 Å². The van der Waals surface area contributed by atoms with E-state index in [2.05, 4.69) is 16.0 Å². The highest BCUT2D eigenvalue weighted by Crippen LogP contribution is 2.29. The standard InChI is InChI=1S/C23H23ClF3N3O3/c24-17-10-8-14(9-11-17)22(33)30-19-7-2-1-6-18(19)29-20(31)13-28-21(32)15-4-3-5-16(12-15)23(25,26)27/h3-5,8-12,18-19H,1-2,6-7,13H2,(H,28,32)(H,29,31)(H,30,33)/t18-,19+/m1/s1. The van der Waals surface area contributed by atoms with E-state index in [1.54, 1.807) is 24.3 Å². The topological polar surface area (TPSA) is 87.3 Å². The molecule has 6 nitrogen and oxygen atoms in total. The molecule has 0 heterocycles. The van der Waals surface area contributed by atoms with Crippen molar-refractivity contribution in [2.75, 3.05) is 6.54 Å². The molecule has 0 aromatic heterocycles. The predicted molar refractivity (Wildman–Crippen MR) is 117 cm³/mol. The normalized spacial score (nSPS) is 18.3. The molecule has 0 radical (unpaired) electrons. The van der Waals surface area contributed by atoms with E-state index in [0.29, 0.717) is 23.4 Å². The smallest absolute Gasteiger partial charge is 0.350 e. The maximum atomic E-state index is 12.8. The van der Waals surface area contributed by atoms with Gasteiger partial charge in [-0.15, -0.1) is 0 Å². The Balaban J connectivity index is 1.54. The van der Waals surface area contributed by atoms with Gasteiger partial charge in [0.05, 0.1) is 12.1 Å². The molecule has 1 aliphatic carbocycles. The summed E-state index contributed by atoms with van der Waals surface area (Å²) in [5.74, 6) is -1.56. The highest BCUT2D eigenvalue weighted by atomic mass is 35.5. The Morgan fingerprint density at radius 1 is 0.879 bits per heavy atom. The van der Waals surface area contributed by atoms with Crippen molar-refractivity contribution in [1.29, 1.82) is 0 Å². The summed E-state index contributed by atoms with van der Waals surface area (Å²) in [6, 6.07) is 9.81. The van der Waals surface area contributed by atoms with Crippen molar-refractivity contribution < 1.29 is 27.6 Å². The number of hydrogen-bond acceptors (Lipinski definition) is 3.